The van der Waals surface area contributed by atoms with E-state index in [9.17, 15) is 0 Å². The maximum absolute atomic E-state index is 7.02. The van der Waals surface area contributed by atoms with E-state index in [2.05, 4.69) is 9.83 Å². The van der Waals surface area contributed by atoms with Gasteiger partial charge in [0, 0.05) is 17.6 Å². The van der Waals surface area contributed by atoms with Crippen molar-refractivity contribution in [2.24, 2.45) is 5.73 Å². The van der Waals surface area contributed by atoms with Gasteiger partial charge in [-0.1, -0.05) is 18.2 Å². The molecule has 5 heteroatoms. The van der Waals surface area contributed by atoms with Crippen LogP contribution in [0.4, 0.5) is 5.82 Å². The molecule has 0 aliphatic carbocycles. The van der Waals surface area contributed by atoms with E-state index in [1.54, 1.807) is 22.7 Å². The summed E-state index contributed by atoms with van der Waals surface area (Å²) in [5, 5.41) is 0.600. The molecule has 2 aromatic rings. The molecule has 0 aliphatic rings. The molecule has 0 aromatic carbocycles. The number of hydrogen-bond acceptors (Lipinski definition) is 2. The Balaban J connectivity index is 2.81. The molecule has 2 N–H and O–H groups in total. The molecule has 0 unspecified atom stereocenters. The molecule has 0 spiro atoms. The standard InChI is InChI=1S/C9H7ClN4/c1-12-9-7(5-11)13-8-4-6(10)2-3-14(8)9/h2-4H,5,11H2. The fraction of sp³-hybridized carbons (Fsp3) is 0.111. The molecule has 0 radical (unpaired) electrons. The summed E-state index contributed by atoms with van der Waals surface area (Å²) < 4.78 is 1.68. The van der Waals surface area contributed by atoms with Gasteiger partial charge >= 0.3 is 0 Å². The van der Waals surface area contributed by atoms with Crippen molar-refractivity contribution in [1.82, 2.24) is 9.38 Å². The van der Waals surface area contributed by atoms with Crippen LogP contribution >= 0.6 is 11.6 Å². The van der Waals surface area contributed by atoms with Gasteiger partial charge in [0.25, 0.3) is 5.82 Å². The monoisotopic (exact) mass is 206 g/mol. The first-order chi connectivity index (χ1) is 6.76. The van der Waals surface area contributed by atoms with Gasteiger partial charge in [-0.05, 0) is 6.07 Å². The third kappa shape index (κ3) is 1.23. The Hall–Kier alpha value is -1.57. The molecule has 0 amide bonds. The van der Waals surface area contributed by atoms with Gasteiger partial charge < -0.3 is 10.6 Å². The van der Waals surface area contributed by atoms with Crippen molar-refractivity contribution in [3.8, 4) is 0 Å². The summed E-state index contributed by atoms with van der Waals surface area (Å²) in [5.41, 5.74) is 6.73. The molecule has 70 valence electrons. The van der Waals surface area contributed by atoms with Crippen molar-refractivity contribution in [3.05, 3.63) is 40.5 Å². The first kappa shape index (κ1) is 9.00. The normalized spacial score (nSPS) is 10.4. The zero-order chi connectivity index (χ0) is 10.1. The van der Waals surface area contributed by atoms with Crippen LogP contribution in [0.1, 0.15) is 5.69 Å². The van der Waals surface area contributed by atoms with Gasteiger partial charge in [-0.15, -0.1) is 0 Å². The van der Waals surface area contributed by atoms with Crippen molar-refractivity contribution in [3.63, 3.8) is 0 Å². The highest BCUT2D eigenvalue weighted by Crippen LogP contribution is 2.22. The van der Waals surface area contributed by atoms with Crippen LogP contribution in [0.25, 0.3) is 10.5 Å². The number of aromatic nitrogens is 2. The molecular weight excluding hydrogens is 200 g/mol. The van der Waals surface area contributed by atoms with Gasteiger partial charge in [-0.3, -0.25) is 0 Å². The number of nitrogens with two attached hydrogens (primary N) is 1. The van der Waals surface area contributed by atoms with E-state index >= 15 is 0 Å². The number of halogens is 1. The Kier molecular flexibility index (Phi) is 2.12. The fourth-order valence-corrected chi connectivity index (χ4v) is 1.46. The second-order valence-electron chi connectivity index (χ2n) is 2.77. The topological polar surface area (TPSA) is 47.7 Å². The third-order valence-electron chi connectivity index (χ3n) is 1.93. The Morgan fingerprint density at radius 3 is 3.07 bits per heavy atom. The summed E-state index contributed by atoms with van der Waals surface area (Å²) in [4.78, 5) is 7.59. The van der Waals surface area contributed by atoms with Crippen molar-refractivity contribution in [1.29, 1.82) is 0 Å². The van der Waals surface area contributed by atoms with Crippen LogP contribution in [0.5, 0.6) is 0 Å². The maximum Gasteiger partial charge on any atom is 0.259 e. The first-order valence-corrected chi connectivity index (χ1v) is 4.38. The molecule has 0 atom stereocenters. The Morgan fingerprint density at radius 1 is 1.64 bits per heavy atom. The molecule has 2 rings (SSSR count). The van der Waals surface area contributed by atoms with Gasteiger partial charge in [0.2, 0.25) is 5.65 Å². The van der Waals surface area contributed by atoms with E-state index in [0.29, 0.717) is 22.2 Å². The van der Waals surface area contributed by atoms with Gasteiger partial charge in [0.1, 0.15) is 0 Å². The van der Waals surface area contributed by atoms with E-state index in [4.69, 9.17) is 23.9 Å². The second-order valence-corrected chi connectivity index (χ2v) is 3.21. The zero-order valence-electron chi connectivity index (χ0n) is 7.24. The van der Waals surface area contributed by atoms with Crippen LogP contribution in [0.2, 0.25) is 5.02 Å². The average Bonchev–Trinajstić information content (AvgIpc) is 2.54. The van der Waals surface area contributed by atoms with Crippen molar-refractivity contribution >= 4 is 23.1 Å². The van der Waals surface area contributed by atoms with Gasteiger partial charge in [-0.2, -0.15) is 0 Å². The van der Waals surface area contributed by atoms with Crippen LogP contribution in [-0.2, 0) is 6.54 Å². The lowest BCUT2D eigenvalue weighted by atomic mass is 10.4. The number of nitrogens with zero attached hydrogens (tertiary/aromatic N) is 3. The quantitative estimate of drug-likeness (QED) is 0.726. The molecule has 0 saturated heterocycles. The molecule has 14 heavy (non-hydrogen) atoms. The molecule has 4 nitrogen and oxygen atoms in total. The van der Waals surface area contributed by atoms with E-state index in [-0.39, 0.29) is 6.54 Å². The minimum Gasteiger partial charge on any atom is -0.362 e. The molecule has 0 fully saturated rings. The summed E-state index contributed by atoms with van der Waals surface area (Å²) in [6, 6.07) is 3.42. The van der Waals surface area contributed by atoms with Crippen LogP contribution in [0.3, 0.4) is 0 Å². The Morgan fingerprint density at radius 2 is 2.43 bits per heavy atom. The minimum atomic E-state index is 0.261. The molecule has 2 aromatic heterocycles. The lowest BCUT2D eigenvalue weighted by Gasteiger charge is -1.92. The smallest absolute Gasteiger partial charge is 0.259 e. The van der Waals surface area contributed by atoms with E-state index in [1.807, 2.05) is 0 Å². The van der Waals surface area contributed by atoms with Crippen molar-refractivity contribution < 1.29 is 0 Å². The minimum absolute atomic E-state index is 0.261. The van der Waals surface area contributed by atoms with Gasteiger partial charge in [0.05, 0.1) is 11.9 Å². The molecule has 2 heterocycles. The van der Waals surface area contributed by atoms with E-state index < -0.39 is 0 Å². The van der Waals surface area contributed by atoms with Crippen molar-refractivity contribution in [2.75, 3.05) is 0 Å². The summed E-state index contributed by atoms with van der Waals surface area (Å²) in [6.07, 6.45) is 1.72. The highest BCUT2D eigenvalue weighted by atomic mass is 35.5. The van der Waals surface area contributed by atoms with Crippen LogP contribution < -0.4 is 5.73 Å². The van der Waals surface area contributed by atoms with Crippen molar-refractivity contribution in [2.45, 2.75) is 6.54 Å². The highest BCUT2D eigenvalue weighted by Gasteiger charge is 2.11. The lowest BCUT2D eigenvalue weighted by molar-refractivity contribution is 1.02. The van der Waals surface area contributed by atoms with Crippen LogP contribution in [0.15, 0.2) is 18.3 Å². The van der Waals surface area contributed by atoms with Crippen LogP contribution in [-0.4, -0.2) is 9.38 Å². The predicted octanol–water partition coefficient (Wildman–Crippen LogP) is 2.00. The number of rotatable bonds is 1. The average molecular weight is 207 g/mol. The molecule has 0 aliphatic heterocycles. The lowest BCUT2D eigenvalue weighted by Crippen LogP contribution is -1.95. The zero-order valence-corrected chi connectivity index (χ0v) is 7.99. The molecular formula is C9H7ClN4. The second kappa shape index (κ2) is 3.29. The summed E-state index contributed by atoms with van der Waals surface area (Å²) >= 11 is 5.80. The molecule has 0 bridgehead atoms. The number of imidazole rings is 1. The SMILES string of the molecule is [C-]#[N+]c1c(CN)nc2cc(Cl)ccn12. The summed E-state index contributed by atoms with van der Waals surface area (Å²) in [7, 11) is 0. The fourth-order valence-electron chi connectivity index (χ4n) is 1.31. The highest BCUT2D eigenvalue weighted by molar-refractivity contribution is 6.30. The summed E-state index contributed by atoms with van der Waals surface area (Å²) in [6.45, 7) is 7.28. The first-order valence-electron chi connectivity index (χ1n) is 4.00. The Labute approximate surface area is 85.7 Å². The number of fused-ring (bicyclic) bond motifs is 1. The Bertz CT molecular complexity index is 523. The predicted molar refractivity (Wildman–Crippen MR) is 54.4 cm³/mol. The van der Waals surface area contributed by atoms with Gasteiger partial charge in [-0.25, -0.2) is 9.38 Å². The molecule has 0 saturated carbocycles. The number of pyridine rings is 1. The summed E-state index contributed by atoms with van der Waals surface area (Å²) in [5.74, 6) is 0.458. The third-order valence-corrected chi connectivity index (χ3v) is 2.17. The van der Waals surface area contributed by atoms with E-state index in [0.717, 1.165) is 0 Å². The largest absolute Gasteiger partial charge is 0.362 e. The van der Waals surface area contributed by atoms with Gasteiger partial charge in [0.15, 0.2) is 0 Å². The van der Waals surface area contributed by atoms with Crippen LogP contribution in [0, 0.1) is 6.57 Å². The van der Waals surface area contributed by atoms with E-state index in [1.165, 1.54) is 0 Å². The maximum atomic E-state index is 7.02. The number of hydrogen-bond donors (Lipinski definition) is 1.